The van der Waals surface area contributed by atoms with Crippen LogP contribution in [0.25, 0.3) is 17.1 Å². The molecule has 1 unspecified atom stereocenters. The number of nitrogens with two attached hydrogens (primary N) is 1. The topological polar surface area (TPSA) is 92.2 Å². The molecule has 0 bridgehead atoms. The Morgan fingerprint density at radius 2 is 1.72 bits per heavy atom. The molecule has 0 aliphatic carbocycles. The summed E-state index contributed by atoms with van der Waals surface area (Å²) in [5.41, 5.74) is 8.52. The van der Waals surface area contributed by atoms with Crippen molar-refractivity contribution in [3.8, 4) is 28.6 Å². The lowest BCUT2D eigenvalue weighted by atomic mass is 10.1. The maximum atomic E-state index is 6.25. The lowest BCUT2D eigenvalue weighted by molar-refractivity contribution is 0.198. The van der Waals surface area contributed by atoms with Gasteiger partial charge < -0.3 is 23.4 Å². The molecule has 1 atom stereocenters. The van der Waals surface area contributed by atoms with E-state index in [9.17, 15) is 0 Å². The number of nitrogens with zero attached hydrogens (tertiary/aromatic N) is 2. The van der Waals surface area contributed by atoms with Gasteiger partial charge in [-0.3, -0.25) is 10.6 Å². The van der Waals surface area contributed by atoms with Gasteiger partial charge >= 0.3 is 0 Å². The fraction of sp³-hybridized carbons (Fsp3) is 0.190. The second-order valence-corrected chi connectivity index (χ2v) is 6.20. The Morgan fingerprint density at radius 3 is 2.34 bits per heavy atom. The molecular weight excluding hydrogens is 374 g/mol. The second kappa shape index (κ2) is 7.76. The summed E-state index contributed by atoms with van der Waals surface area (Å²) in [5.74, 6) is 3.05. The Labute approximate surface area is 168 Å². The molecule has 2 heterocycles. The third-order valence-corrected chi connectivity index (χ3v) is 4.63. The van der Waals surface area contributed by atoms with Gasteiger partial charge in [0.05, 0.1) is 39.3 Å². The van der Waals surface area contributed by atoms with Crippen LogP contribution >= 0.6 is 0 Å². The number of ether oxygens (including phenoxy) is 4. The third kappa shape index (κ3) is 3.34. The van der Waals surface area contributed by atoms with Crippen LogP contribution in [0, 0.1) is 0 Å². The first kappa shape index (κ1) is 18.7. The number of oxazole rings is 1. The lowest BCUT2D eigenvalue weighted by Gasteiger charge is -2.21. The largest absolute Gasteiger partial charge is 0.496 e. The van der Waals surface area contributed by atoms with E-state index in [4.69, 9.17) is 29.1 Å². The molecule has 2 aromatic carbocycles. The number of benzene rings is 2. The van der Waals surface area contributed by atoms with Crippen LogP contribution in [0.15, 0.2) is 59.6 Å². The Balaban J connectivity index is 1.73. The number of rotatable bonds is 6. The molecule has 3 aromatic rings. The fourth-order valence-electron chi connectivity index (χ4n) is 3.25. The van der Waals surface area contributed by atoms with Crippen molar-refractivity contribution in [1.82, 2.24) is 4.98 Å². The van der Waals surface area contributed by atoms with Crippen molar-refractivity contribution in [2.45, 2.75) is 6.35 Å². The van der Waals surface area contributed by atoms with E-state index in [2.05, 4.69) is 4.98 Å². The van der Waals surface area contributed by atoms with Crippen LogP contribution in [0.1, 0.15) is 5.56 Å². The minimum absolute atomic E-state index is 0.546. The van der Waals surface area contributed by atoms with Gasteiger partial charge in [-0.15, -0.1) is 0 Å². The minimum atomic E-state index is -0.722. The van der Waals surface area contributed by atoms with Gasteiger partial charge in [-0.05, 0) is 24.3 Å². The maximum Gasteiger partial charge on any atom is 0.231 e. The smallest absolute Gasteiger partial charge is 0.231 e. The van der Waals surface area contributed by atoms with Crippen molar-refractivity contribution in [3.63, 3.8) is 0 Å². The highest BCUT2D eigenvalue weighted by Gasteiger charge is 2.29. The number of aromatic nitrogens is 1. The number of hydrogen-bond donors (Lipinski definition) is 1. The van der Waals surface area contributed by atoms with Crippen LogP contribution in [0.2, 0.25) is 0 Å². The molecule has 2 N–H and O–H groups in total. The lowest BCUT2D eigenvalue weighted by Crippen LogP contribution is -2.36. The van der Waals surface area contributed by atoms with Crippen molar-refractivity contribution in [1.29, 1.82) is 0 Å². The summed E-state index contributed by atoms with van der Waals surface area (Å²) in [7, 11) is 4.79. The standard InChI is InChI=1S/C21H21N3O5/c1-25-15-5-4-6-16(26-2)20(15)19-11-24(21(22)29-19)13-7-8-14(17(9-13)27-3)18-10-23-12-28-18/h4-12,21H,22H2,1-3H3. The maximum absolute atomic E-state index is 6.25. The molecule has 8 nitrogen and oxygen atoms in total. The SMILES string of the molecule is COc1cc(N2C=C(c3c(OC)cccc3OC)OC2N)ccc1-c1cnco1. The molecule has 0 radical (unpaired) electrons. The van der Waals surface area contributed by atoms with Gasteiger partial charge in [0.2, 0.25) is 6.35 Å². The normalized spacial score (nSPS) is 15.7. The van der Waals surface area contributed by atoms with E-state index in [1.54, 1.807) is 32.4 Å². The monoisotopic (exact) mass is 395 g/mol. The summed E-state index contributed by atoms with van der Waals surface area (Å²) in [4.78, 5) is 5.76. The van der Waals surface area contributed by atoms with Crippen molar-refractivity contribution in [2.24, 2.45) is 5.73 Å². The van der Waals surface area contributed by atoms with Gasteiger partial charge in [-0.2, -0.15) is 0 Å². The van der Waals surface area contributed by atoms with Gasteiger partial charge in [0, 0.05) is 11.8 Å². The predicted molar refractivity (Wildman–Crippen MR) is 108 cm³/mol. The zero-order valence-corrected chi connectivity index (χ0v) is 16.3. The zero-order chi connectivity index (χ0) is 20.4. The summed E-state index contributed by atoms with van der Waals surface area (Å²) in [6.45, 7) is 0. The van der Waals surface area contributed by atoms with Gasteiger partial charge in [-0.25, -0.2) is 4.98 Å². The molecule has 0 saturated carbocycles. The number of hydrogen-bond acceptors (Lipinski definition) is 8. The predicted octanol–water partition coefficient (Wildman–Crippen LogP) is 3.44. The molecule has 4 rings (SSSR count). The molecule has 29 heavy (non-hydrogen) atoms. The van der Waals surface area contributed by atoms with E-state index in [1.807, 2.05) is 42.6 Å². The van der Waals surface area contributed by atoms with Crippen LogP contribution in [0.4, 0.5) is 5.69 Å². The average molecular weight is 395 g/mol. The van der Waals surface area contributed by atoms with Crippen LogP contribution in [0.3, 0.4) is 0 Å². The van der Waals surface area contributed by atoms with E-state index in [-0.39, 0.29) is 0 Å². The summed E-state index contributed by atoms with van der Waals surface area (Å²) in [5, 5.41) is 0. The Kier molecular flexibility index (Phi) is 5.01. The minimum Gasteiger partial charge on any atom is -0.496 e. The van der Waals surface area contributed by atoms with Gasteiger partial charge in [0.15, 0.2) is 17.9 Å². The second-order valence-electron chi connectivity index (χ2n) is 6.20. The van der Waals surface area contributed by atoms with Crippen LogP contribution in [-0.2, 0) is 4.74 Å². The zero-order valence-electron chi connectivity index (χ0n) is 16.3. The van der Waals surface area contributed by atoms with Crippen molar-refractivity contribution in [3.05, 3.63) is 60.8 Å². The Hall–Kier alpha value is -3.65. The first-order valence-electron chi connectivity index (χ1n) is 8.87. The summed E-state index contributed by atoms with van der Waals surface area (Å²) in [6.07, 6.45) is 4.10. The van der Waals surface area contributed by atoms with E-state index in [0.29, 0.717) is 34.3 Å². The average Bonchev–Trinajstić information content (AvgIpc) is 3.42. The molecule has 0 fully saturated rings. The first-order valence-corrected chi connectivity index (χ1v) is 8.87. The van der Waals surface area contributed by atoms with E-state index in [0.717, 1.165) is 11.3 Å². The van der Waals surface area contributed by atoms with Crippen molar-refractivity contribution < 1.29 is 23.4 Å². The molecule has 150 valence electrons. The van der Waals surface area contributed by atoms with Gasteiger partial charge in [0.25, 0.3) is 0 Å². The molecule has 0 spiro atoms. The molecule has 1 aromatic heterocycles. The highest BCUT2D eigenvalue weighted by molar-refractivity contribution is 5.77. The molecule has 8 heteroatoms. The van der Waals surface area contributed by atoms with Crippen molar-refractivity contribution >= 4 is 11.4 Å². The van der Waals surface area contributed by atoms with E-state index < -0.39 is 6.35 Å². The van der Waals surface area contributed by atoms with Crippen LogP contribution in [-0.4, -0.2) is 32.7 Å². The quantitative estimate of drug-likeness (QED) is 0.679. The Morgan fingerprint density at radius 1 is 1.00 bits per heavy atom. The van der Waals surface area contributed by atoms with Gasteiger partial charge in [-0.1, -0.05) is 6.07 Å². The molecule has 1 aliphatic heterocycles. The van der Waals surface area contributed by atoms with E-state index in [1.165, 1.54) is 6.39 Å². The third-order valence-electron chi connectivity index (χ3n) is 4.63. The Bertz CT molecular complexity index is 1010. The van der Waals surface area contributed by atoms with Crippen LogP contribution in [0.5, 0.6) is 17.2 Å². The molecular formula is C21H21N3O5. The summed E-state index contributed by atoms with van der Waals surface area (Å²) in [6, 6.07) is 11.2. The summed E-state index contributed by atoms with van der Waals surface area (Å²) >= 11 is 0. The highest BCUT2D eigenvalue weighted by Crippen LogP contribution is 2.41. The molecule has 1 aliphatic rings. The van der Waals surface area contributed by atoms with E-state index >= 15 is 0 Å². The number of methoxy groups -OCH3 is 3. The summed E-state index contributed by atoms with van der Waals surface area (Å²) < 4.78 is 27.8. The van der Waals surface area contributed by atoms with Gasteiger partial charge in [0.1, 0.15) is 22.8 Å². The molecule has 0 amide bonds. The van der Waals surface area contributed by atoms with Crippen molar-refractivity contribution in [2.75, 3.05) is 26.2 Å². The molecule has 0 saturated heterocycles. The first-order chi connectivity index (χ1) is 14.2. The highest BCUT2D eigenvalue weighted by atomic mass is 16.5. The van der Waals surface area contributed by atoms with Crippen LogP contribution < -0.4 is 24.8 Å². The number of anilines is 1. The fourth-order valence-corrected chi connectivity index (χ4v) is 3.25.